The zero-order valence-corrected chi connectivity index (χ0v) is 10.5. The minimum atomic E-state index is 0.429. The Morgan fingerprint density at radius 1 is 1.50 bits per heavy atom. The van der Waals surface area contributed by atoms with Gasteiger partial charge in [0.05, 0.1) is 5.01 Å². The van der Waals surface area contributed by atoms with Gasteiger partial charge in [-0.2, -0.15) is 0 Å². The van der Waals surface area contributed by atoms with Gasteiger partial charge in [-0.15, -0.1) is 11.3 Å². The number of aromatic nitrogens is 1. The fourth-order valence-electron chi connectivity index (χ4n) is 3.14. The molecule has 3 unspecified atom stereocenters. The van der Waals surface area contributed by atoms with Crippen LogP contribution < -0.4 is 11.3 Å². The molecule has 2 aliphatic rings. The quantitative estimate of drug-likeness (QED) is 0.621. The second-order valence-corrected chi connectivity index (χ2v) is 6.29. The van der Waals surface area contributed by atoms with Gasteiger partial charge < -0.3 is 0 Å². The summed E-state index contributed by atoms with van der Waals surface area (Å²) in [5, 5.41) is 3.34. The van der Waals surface area contributed by atoms with Crippen molar-refractivity contribution in [2.45, 2.75) is 38.6 Å². The zero-order valence-electron chi connectivity index (χ0n) is 9.65. The van der Waals surface area contributed by atoms with Gasteiger partial charge in [0.25, 0.3) is 0 Å². The van der Waals surface area contributed by atoms with Crippen molar-refractivity contribution in [1.29, 1.82) is 0 Å². The molecule has 0 radical (unpaired) electrons. The molecule has 0 aliphatic heterocycles. The maximum atomic E-state index is 5.69. The molecule has 0 aromatic carbocycles. The average molecular weight is 237 g/mol. The monoisotopic (exact) mass is 237 g/mol. The molecular weight excluding hydrogens is 218 g/mol. The van der Waals surface area contributed by atoms with Crippen molar-refractivity contribution in [2.24, 2.45) is 23.6 Å². The van der Waals surface area contributed by atoms with Crippen LogP contribution in [0, 0.1) is 24.7 Å². The van der Waals surface area contributed by atoms with E-state index in [-0.39, 0.29) is 0 Å². The predicted molar refractivity (Wildman–Crippen MR) is 66.0 cm³/mol. The molecule has 0 amide bonds. The van der Waals surface area contributed by atoms with E-state index in [9.17, 15) is 0 Å². The van der Waals surface area contributed by atoms with Crippen LogP contribution in [0.3, 0.4) is 0 Å². The summed E-state index contributed by atoms with van der Waals surface area (Å²) >= 11 is 1.76. The molecule has 3 atom stereocenters. The van der Waals surface area contributed by atoms with E-state index < -0.39 is 0 Å². The normalized spacial score (nSPS) is 33.8. The number of nitrogens with one attached hydrogen (secondary N) is 1. The molecule has 1 heterocycles. The molecule has 1 aromatic rings. The maximum absolute atomic E-state index is 5.69. The van der Waals surface area contributed by atoms with Crippen LogP contribution in [-0.2, 0) is 6.42 Å². The molecule has 0 spiro atoms. The lowest BCUT2D eigenvalue weighted by molar-refractivity contribution is 0.335. The number of hydrogen-bond acceptors (Lipinski definition) is 4. The van der Waals surface area contributed by atoms with E-state index in [2.05, 4.69) is 22.7 Å². The number of thiazole rings is 1. The van der Waals surface area contributed by atoms with Crippen LogP contribution in [-0.4, -0.2) is 11.0 Å². The Balaban J connectivity index is 1.62. The highest BCUT2D eigenvalue weighted by molar-refractivity contribution is 7.09. The van der Waals surface area contributed by atoms with Crippen molar-refractivity contribution in [3.63, 3.8) is 0 Å². The fraction of sp³-hybridized carbons (Fsp3) is 0.750. The maximum Gasteiger partial charge on any atom is 0.0944 e. The third kappa shape index (κ3) is 2.01. The molecule has 3 nitrogen and oxygen atoms in total. The van der Waals surface area contributed by atoms with Gasteiger partial charge >= 0.3 is 0 Å². The van der Waals surface area contributed by atoms with Gasteiger partial charge in [0, 0.05) is 23.5 Å². The van der Waals surface area contributed by atoms with Gasteiger partial charge in [0.1, 0.15) is 0 Å². The lowest BCUT2D eigenvalue weighted by Crippen LogP contribution is -2.42. The molecule has 0 saturated heterocycles. The van der Waals surface area contributed by atoms with Crippen LogP contribution in [0.25, 0.3) is 0 Å². The summed E-state index contributed by atoms with van der Waals surface area (Å²) in [4.78, 5) is 4.52. The molecule has 2 fully saturated rings. The first-order chi connectivity index (χ1) is 7.76. The number of nitrogens with zero attached hydrogens (tertiary/aromatic N) is 1. The van der Waals surface area contributed by atoms with Crippen LogP contribution in [0.1, 0.15) is 30.0 Å². The van der Waals surface area contributed by atoms with E-state index in [1.807, 2.05) is 0 Å². The fourth-order valence-corrected chi connectivity index (χ4v) is 3.97. The minimum absolute atomic E-state index is 0.429. The van der Waals surface area contributed by atoms with Gasteiger partial charge in [0.2, 0.25) is 0 Å². The number of aryl methyl sites for hydroxylation is 1. The van der Waals surface area contributed by atoms with Gasteiger partial charge in [-0.25, -0.2) is 4.98 Å². The molecular formula is C12H19N3S. The Kier molecular flexibility index (Phi) is 2.73. The number of hydrazine groups is 1. The van der Waals surface area contributed by atoms with Crippen LogP contribution in [0.5, 0.6) is 0 Å². The highest BCUT2D eigenvalue weighted by Crippen LogP contribution is 2.55. The Hall–Kier alpha value is -0.450. The van der Waals surface area contributed by atoms with Gasteiger partial charge in [-0.05, 0) is 43.9 Å². The number of hydrogen-bond donors (Lipinski definition) is 2. The number of fused-ring (bicyclic) bond motifs is 1. The SMILES string of the molecule is Cc1csc(CC(NN)C2CC3CC3C2)n1. The smallest absolute Gasteiger partial charge is 0.0944 e. The Morgan fingerprint density at radius 3 is 2.81 bits per heavy atom. The van der Waals surface area contributed by atoms with E-state index in [1.165, 1.54) is 24.3 Å². The average Bonchev–Trinajstić information content (AvgIpc) is 2.71. The van der Waals surface area contributed by atoms with Crippen LogP contribution in [0.15, 0.2) is 5.38 Å². The molecule has 0 bridgehead atoms. The highest BCUT2D eigenvalue weighted by Gasteiger charge is 2.47. The second-order valence-electron chi connectivity index (χ2n) is 5.35. The van der Waals surface area contributed by atoms with Gasteiger partial charge in [0.15, 0.2) is 0 Å². The summed E-state index contributed by atoms with van der Waals surface area (Å²) < 4.78 is 0. The molecule has 2 saturated carbocycles. The Morgan fingerprint density at radius 2 is 2.25 bits per heavy atom. The van der Waals surface area contributed by atoms with Crippen LogP contribution in [0.4, 0.5) is 0 Å². The summed E-state index contributed by atoms with van der Waals surface area (Å²) in [5.41, 5.74) is 4.14. The summed E-state index contributed by atoms with van der Waals surface area (Å²) in [7, 11) is 0. The van der Waals surface area contributed by atoms with E-state index in [0.29, 0.717) is 6.04 Å². The van der Waals surface area contributed by atoms with Crippen molar-refractivity contribution in [2.75, 3.05) is 0 Å². The van der Waals surface area contributed by atoms with E-state index >= 15 is 0 Å². The van der Waals surface area contributed by atoms with E-state index in [0.717, 1.165) is 29.9 Å². The first-order valence-electron chi connectivity index (χ1n) is 6.13. The third-order valence-electron chi connectivity index (χ3n) is 4.12. The standard InChI is InChI=1S/C12H19N3S/c1-7-6-16-12(14-7)5-11(15-13)10-3-8-2-9(8)4-10/h6,8-11,15H,2-5,13H2,1H3. The highest BCUT2D eigenvalue weighted by atomic mass is 32.1. The predicted octanol–water partition coefficient (Wildman–Crippen LogP) is 1.87. The molecule has 4 heteroatoms. The van der Waals surface area contributed by atoms with E-state index in [1.54, 1.807) is 11.3 Å². The van der Waals surface area contributed by atoms with Crippen LogP contribution in [0.2, 0.25) is 0 Å². The van der Waals surface area contributed by atoms with Crippen molar-refractivity contribution in [3.05, 3.63) is 16.1 Å². The number of nitrogens with two attached hydrogens (primary N) is 1. The summed E-state index contributed by atoms with van der Waals surface area (Å²) in [6.07, 6.45) is 5.23. The van der Waals surface area contributed by atoms with Crippen LogP contribution >= 0.6 is 11.3 Å². The lowest BCUT2D eigenvalue weighted by atomic mass is 9.93. The molecule has 3 rings (SSSR count). The minimum Gasteiger partial charge on any atom is -0.271 e. The summed E-state index contributed by atoms with van der Waals surface area (Å²) in [6, 6.07) is 0.429. The molecule has 88 valence electrons. The zero-order chi connectivity index (χ0) is 11.1. The van der Waals surface area contributed by atoms with Crippen molar-refractivity contribution < 1.29 is 0 Å². The second kappa shape index (κ2) is 4.09. The lowest BCUT2D eigenvalue weighted by Gasteiger charge is -2.23. The number of rotatable bonds is 4. The largest absolute Gasteiger partial charge is 0.271 e. The van der Waals surface area contributed by atoms with E-state index in [4.69, 9.17) is 5.84 Å². The van der Waals surface area contributed by atoms with Crippen molar-refractivity contribution >= 4 is 11.3 Å². The Bertz CT molecular complexity index is 366. The third-order valence-corrected chi connectivity index (χ3v) is 5.11. The molecule has 3 N–H and O–H groups in total. The first-order valence-corrected chi connectivity index (χ1v) is 7.01. The summed E-state index contributed by atoms with van der Waals surface area (Å²) in [6.45, 7) is 2.05. The van der Waals surface area contributed by atoms with Gasteiger partial charge in [-0.3, -0.25) is 11.3 Å². The molecule has 1 aromatic heterocycles. The Labute approximate surface area is 100 Å². The van der Waals surface area contributed by atoms with Crippen molar-refractivity contribution in [3.8, 4) is 0 Å². The summed E-state index contributed by atoms with van der Waals surface area (Å²) in [5.74, 6) is 8.52. The first kappa shape index (κ1) is 10.7. The van der Waals surface area contributed by atoms with Crippen molar-refractivity contribution in [1.82, 2.24) is 10.4 Å². The molecule has 2 aliphatic carbocycles. The van der Waals surface area contributed by atoms with Gasteiger partial charge in [-0.1, -0.05) is 0 Å². The topological polar surface area (TPSA) is 50.9 Å². The molecule has 16 heavy (non-hydrogen) atoms.